The summed E-state index contributed by atoms with van der Waals surface area (Å²) in [4.78, 5) is 3.81. The fraction of sp³-hybridized carbons (Fsp3) is 0.214. The molecule has 106 valence electrons. The minimum Gasteiger partial charge on any atom is -0.491 e. The number of pyridine rings is 1. The van der Waals surface area contributed by atoms with Gasteiger partial charge in [-0.1, -0.05) is 6.07 Å². The quantitative estimate of drug-likeness (QED) is 0.936. The Hall–Kier alpha value is -2.08. The predicted molar refractivity (Wildman–Crippen MR) is 66.1 cm³/mol. The third-order valence-electron chi connectivity index (χ3n) is 2.66. The van der Waals surface area contributed by atoms with Crippen molar-refractivity contribution in [2.45, 2.75) is 12.3 Å². The molecule has 1 aromatic heterocycles. The van der Waals surface area contributed by atoms with Crippen LogP contribution >= 0.6 is 0 Å². The summed E-state index contributed by atoms with van der Waals surface area (Å²) in [5, 5.41) is 9.84. The van der Waals surface area contributed by atoms with E-state index in [1.807, 2.05) is 0 Å². The Balaban J connectivity index is 2.01. The molecule has 1 N–H and O–H groups in total. The maximum absolute atomic E-state index is 12.5. The molecule has 2 aromatic rings. The van der Waals surface area contributed by atoms with E-state index < -0.39 is 17.8 Å². The fourth-order valence-electron chi connectivity index (χ4n) is 1.62. The minimum absolute atomic E-state index is 0.0629. The number of hydrogen-bond donors (Lipinski definition) is 1. The molecule has 1 unspecified atom stereocenters. The third-order valence-corrected chi connectivity index (χ3v) is 2.66. The van der Waals surface area contributed by atoms with E-state index in [1.54, 1.807) is 12.1 Å². The van der Waals surface area contributed by atoms with Crippen molar-refractivity contribution in [1.29, 1.82) is 0 Å². The van der Waals surface area contributed by atoms with Crippen LogP contribution in [0.15, 0.2) is 48.8 Å². The lowest BCUT2D eigenvalue weighted by Crippen LogP contribution is -2.10. The van der Waals surface area contributed by atoms with Crippen molar-refractivity contribution in [3.8, 4) is 5.75 Å². The second kappa shape index (κ2) is 5.92. The molecule has 0 saturated carbocycles. The first kappa shape index (κ1) is 14.3. The van der Waals surface area contributed by atoms with Crippen LogP contribution in [0.3, 0.4) is 0 Å². The number of aliphatic hydroxyl groups is 1. The Bertz CT molecular complexity index is 558. The molecule has 20 heavy (non-hydrogen) atoms. The molecule has 0 aliphatic rings. The van der Waals surface area contributed by atoms with Crippen LogP contribution in [-0.4, -0.2) is 16.7 Å². The summed E-state index contributed by atoms with van der Waals surface area (Å²) in [7, 11) is 0. The molecule has 2 rings (SSSR count). The van der Waals surface area contributed by atoms with Gasteiger partial charge in [-0.25, -0.2) is 0 Å². The molecule has 0 aliphatic heterocycles. The molecule has 6 heteroatoms. The highest BCUT2D eigenvalue weighted by atomic mass is 19.4. The number of benzene rings is 1. The van der Waals surface area contributed by atoms with E-state index in [0.29, 0.717) is 5.56 Å². The van der Waals surface area contributed by atoms with Crippen molar-refractivity contribution >= 4 is 0 Å². The van der Waals surface area contributed by atoms with Crippen molar-refractivity contribution in [2.75, 3.05) is 6.61 Å². The van der Waals surface area contributed by atoms with Gasteiger partial charge in [0.15, 0.2) is 0 Å². The molecule has 0 saturated heterocycles. The van der Waals surface area contributed by atoms with Crippen molar-refractivity contribution in [3.05, 3.63) is 59.9 Å². The smallest absolute Gasteiger partial charge is 0.416 e. The van der Waals surface area contributed by atoms with Crippen LogP contribution in [0.25, 0.3) is 0 Å². The number of rotatable bonds is 4. The minimum atomic E-state index is -4.41. The van der Waals surface area contributed by atoms with Gasteiger partial charge in [-0.15, -0.1) is 0 Å². The highest BCUT2D eigenvalue weighted by Crippen LogP contribution is 2.31. The summed E-state index contributed by atoms with van der Waals surface area (Å²) in [5.74, 6) is 0.0629. The molecular formula is C14H12F3NO2. The number of aromatic nitrogens is 1. The maximum Gasteiger partial charge on any atom is 0.416 e. The van der Waals surface area contributed by atoms with Crippen LogP contribution in [0.5, 0.6) is 5.75 Å². The number of alkyl halides is 3. The van der Waals surface area contributed by atoms with Gasteiger partial charge in [0.1, 0.15) is 18.5 Å². The van der Waals surface area contributed by atoms with E-state index in [9.17, 15) is 18.3 Å². The number of ether oxygens (including phenoxy) is 1. The summed E-state index contributed by atoms with van der Waals surface area (Å²) in [5.41, 5.74) is -0.194. The Morgan fingerprint density at radius 3 is 2.50 bits per heavy atom. The summed E-state index contributed by atoms with van der Waals surface area (Å²) >= 11 is 0. The standard InChI is InChI=1S/C14H12F3NO2/c15-14(16,17)11-2-1-3-12(8-11)20-9-13(19)10-4-6-18-7-5-10/h1-8,13,19H,9H2. The van der Waals surface area contributed by atoms with E-state index in [2.05, 4.69) is 4.98 Å². The van der Waals surface area contributed by atoms with Gasteiger partial charge in [-0.05, 0) is 35.9 Å². The molecule has 0 aliphatic carbocycles. The topological polar surface area (TPSA) is 42.4 Å². The van der Waals surface area contributed by atoms with E-state index in [-0.39, 0.29) is 12.4 Å². The zero-order valence-corrected chi connectivity index (χ0v) is 10.3. The van der Waals surface area contributed by atoms with Crippen molar-refractivity contribution in [2.24, 2.45) is 0 Å². The molecule has 1 heterocycles. The number of aliphatic hydroxyl groups excluding tert-OH is 1. The van der Waals surface area contributed by atoms with Crippen LogP contribution in [0.4, 0.5) is 13.2 Å². The van der Waals surface area contributed by atoms with Crippen LogP contribution in [0.1, 0.15) is 17.2 Å². The number of nitrogens with zero attached hydrogens (tertiary/aromatic N) is 1. The lowest BCUT2D eigenvalue weighted by molar-refractivity contribution is -0.137. The molecule has 1 atom stereocenters. The maximum atomic E-state index is 12.5. The number of hydrogen-bond acceptors (Lipinski definition) is 3. The monoisotopic (exact) mass is 283 g/mol. The van der Waals surface area contributed by atoms with E-state index in [1.165, 1.54) is 24.5 Å². The highest BCUT2D eigenvalue weighted by molar-refractivity contribution is 5.30. The van der Waals surface area contributed by atoms with Gasteiger partial charge in [0.05, 0.1) is 5.56 Å². The van der Waals surface area contributed by atoms with E-state index in [4.69, 9.17) is 4.74 Å². The zero-order valence-electron chi connectivity index (χ0n) is 10.3. The molecule has 0 spiro atoms. The molecule has 0 amide bonds. The van der Waals surface area contributed by atoms with Gasteiger partial charge in [-0.3, -0.25) is 4.98 Å². The van der Waals surface area contributed by atoms with Crippen molar-refractivity contribution < 1.29 is 23.0 Å². The van der Waals surface area contributed by atoms with Crippen LogP contribution in [0, 0.1) is 0 Å². The summed E-state index contributed by atoms with van der Waals surface area (Å²) in [6.07, 6.45) is -2.30. The van der Waals surface area contributed by atoms with Crippen molar-refractivity contribution in [3.63, 3.8) is 0 Å². The SMILES string of the molecule is OC(COc1cccc(C(F)(F)F)c1)c1ccncc1. The van der Waals surface area contributed by atoms with E-state index in [0.717, 1.165) is 12.1 Å². The Kier molecular flexibility index (Phi) is 4.24. The summed E-state index contributed by atoms with van der Waals surface area (Å²) < 4.78 is 42.7. The van der Waals surface area contributed by atoms with Crippen LogP contribution in [0.2, 0.25) is 0 Å². The second-order valence-electron chi connectivity index (χ2n) is 4.13. The van der Waals surface area contributed by atoms with E-state index >= 15 is 0 Å². The largest absolute Gasteiger partial charge is 0.491 e. The first-order valence-electron chi connectivity index (χ1n) is 5.85. The summed E-state index contributed by atoms with van der Waals surface area (Å²) in [6, 6.07) is 7.76. The molecule has 0 bridgehead atoms. The van der Waals surface area contributed by atoms with Crippen LogP contribution < -0.4 is 4.74 Å². The van der Waals surface area contributed by atoms with Gasteiger partial charge in [0.25, 0.3) is 0 Å². The molecule has 1 aromatic carbocycles. The first-order valence-corrected chi connectivity index (χ1v) is 5.85. The highest BCUT2D eigenvalue weighted by Gasteiger charge is 2.30. The predicted octanol–water partition coefficient (Wildman–Crippen LogP) is 3.21. The molecule has 3 nitrogen and oxygen atoms in total. The van der Waals surface area contributed by atoms with Gasteiger partial charge in [0.2, 0.25) is 0 Å². The Labute approximate surface area is 113 Å². The van der Waals surface area contributed by atoms with Gasteiger partial charge >= 0.3 is 6.18 Å². The molecule has 0 radical (unpaired) electrons. The average Bonchev–Trinajstić information content (AvgIpc) is 2.45. The number of halogens is 3. The molecule has 0 fully saturated rings. The van der Waals surface area contributed by atoms with Gasteiger partial charge in [-0.2, -0.15) is 13.2 Å². The van der Waals surface area contributed by atoms with Crippen LogP contribution in [-0.2, 0) is 6.18 Å². The Morgan fingerprint density at radius 1 is 1.15 bits per heavy atom. The average molecular weight is 283 g/mol. The molecular weight excluding hydrogens is 271 g/mol. The third kappa shape index (κ3) is 3.71. The lowest BCUT2D eigenvalue weighted by Gasteiger charge is -2.13. The van der Waals surface area contributed by atoms with Gasteiger partial charge in [0, 0.05) is 12.4 Å². The normalized spacial score (nSPS) is 13.0. The second-order valence-corrected chi connectivity index (χ2v) is 4.13. The van der Waals surface area contributed by atoms with Gasteiger partial charge < -0.3 is 9.84 Å². The summed E-state index contributed by atoms with van der Waals surface area (Å²) in [6.45, 7) is -0.134. The first-order chi connectivity index (χ1) is 9.47. The lowest BCUT2D eigenvalue weighted by atomic mass is 10.1. The Morgan fingerprint density at radius 2 is 1.85 bits per heavy atom. The van der Waals surface area contributed by atoms with Crippen molar-refractivity contribution in [1.82, 2.24) is 4.98 Å². The zero-order chi connectivity index (χ0) is 14.6. The fourth-order valence-corrected chi connectivity index (χ4v) is 1.62.